The van der Waals surface area contributed by atoms with Crippen molar-refractivity contribution in [1.82, 2.24) is 14.7 Å². The molecule has 0 N–H and O–H groups in total. The van der Waals surface area contributed by atoms with E-state index in [1.54, 1.807) is 0 Å². The number of rotatable bonds is 5. The Kier molecular flexibility index (Phi) is 5.05. The zero-order chi connectivity index (χ0) is 17.4. The van der Waals surface area contributed by atoms with Crippen molar-refractivity contribution < 1.29 is 13.7 Å². The van der Waals surface area contributed by atoms with Crippen molar-refractivity contribution in [3.63, 3.8) is 0 Å². The lowest BCUT2D eigenvalue weighted by Gasteiger charge is -2.32. The standard InChI is InChI=1S/C17H29BFN3O2/c1-16(2)17(3,4)24-18(23-16)14-12-20-22(13-14)9-5-8-21-10-6-15(19)7-11-21/h12-13,15H,5-11H2,1-4H3. The molecule has 2 aliphatic heterocycles. The Morgan fingerprint density at radius 2 is 1.79 bits per heavy atom. The molecular weight excluding hydrogens is 308 g/mol. The number of hydrogen-bond acceptors (Lipinski definition) is 4. The molecular formula is C17H29BFN3O2. The van der Waals surface area contributed by atoms with Crippen LogP contribution in [0.15, 0.2) is 12.4 Å². The first-order valence-corrected chi connectivity index (χ1v) is 9.01. The van der Waals surface area contributed by atoms with Gasteiger partial charge in [-0.2, -0.15) is 5.10 Å². The minimum absolute atomic E-state index is 0.331. The van der Waals surface area contributed by atoms with E-state index in [9.17, 15) is 4.39 Å². The maximum absolute atomic E-state index is 13.1. The summed E-state index contributed by atoms with van der Waals surface area (Å²) in [5, 5.41) is 4.43. The van der Waals surface area contributed by atoms with E-state index in [1.807, 2.05) is 17.1 Å². The van der Waals surface area contributed by atoms with Gasteiger partial charge < -0.3 is 14.2 Å². The highest BCUT2D eigenvalue weighted by molar-refractivity contribution is 6.61. The summed E-state index contributed by atoms with van der Waals surface area (Å²) in [6.45, 7) is 11.8. The number of alkyl halides is 1. The summed E-state index contributed by atoms with van der Waals surface area (Å²) in [6.07, 6.45) is 5.60. The molecule has 3 heterocycles. The quantitative estimate of drug-likeness (QED) is 0.771. The van der Waals surface area contributed by atoms with E-state index in [4.69, 9.17) is 9.31 Å². The lowest BCUT2D eigenvalue weighted by atomic mass is 9.82. The molecule has 2 aliphatic rings. The van der Waals surface area contributed by atoms with Crippen LogP contribution >= 0.6 is 0 Å². The van der Waals surface area contributed by atoms with Gasteiger partial charge in [0.2, 0.25) is 0 Å². The van der Waals surface area contributed by atoms with Crippen molar-refractivity contribution in [3.8, 4) is 0 Å². The Balaban J connectivity index is 1.48. The van der Waals surface area contributed by atoms with Crippen LogP contribution in [0.5, 0.6) is 0 Å². The summed E-state index contributed by atoms with van der Waals surface area (Å²) in [7, 11) is -0.354. The maximum Gasteiger partial charge on any atom is 0.498 e. The molecule has 2 saturated heterocycles. The van der Waals surface area contributed by atoms with Gasteiger partial charge in [0.05, 0.1) is 11.2 Å². The average molecular weight is 337 g/mol. The van der Waals surface area contributed by atoms with E-state index in [-0.39, 0.29) is 18.3 Å². The molecule has 7 heteroatoms. The minimum atomic E-state index is -0.602. The molecule has 0 aliphatic carbocycles. The van der Waals surface area contributed by atoms with E-state index < -0.39 is 6.17 Å². The first-order valence-electron chi connectivity index (χ1n) is 9.01. The molecule has 0 amide bonds. The van der Waals surface area contributed by atoms with Gasteiger partial charge >= 0.3 is 7.12 Å². The topological polar surface area (TPSA) is 39.5 Å². The van der Waals surface area contributed by atoms with E-state index in [0.29, 0.717) is 12.8 Å². The number of aromatic nitrogens is 2. The molecule has 0 bridgehead atoms. The molecule has 0 aromatic carbocycles. The van der Waals surface area contributed by atoms with Gasteiger partial charge in [-0.3, -0.25) is 4.68 Å². The van der Waals surface area contributed by atoms with Crippen LogP contribution in [-0.4, -0.2) is 58.8 Å². The fourth-order valence-corrected chi connectivity index (χ4v) is 3.18. The third-order valence-corrected chi connectivity index (χ3v) is 5.56. The highest BCUT2D eigenvalue weighted by atomic mass is 19.1. The fourth-order valence-electron chi connectivity index (χ4n) is 3.18. The van der Waals surface area contributed by atoms with Crippen molar-refractivity contribution in [2.75, 3.05) is 19.6 Å². The Morgan fingerprint density at radius 1 is 1.17 bits per heavy atom. The van der Waals surface area contributed by atoms with Crippen molar-refractivity contribution in [3.05, 3.63) is 12.4 Å². The number of piperidine rings is 1. The van der Waals surface area contributed by atoms with Crippen LogP contribution < -0.4 is 5.46 Å². The Morgan fingerprint density at radius 3 is 2.42 bits per heavy atom. The molecule has 134 valence electrons. The summed E-state index contributed by atoms with van der Waals surface area (Å²) >= 11 is 0. The number of aryl methyl sites for hydroxylation is 1. The van der Waals surface area contributed by atoms with E-state index in [1.165, 1.54) is 0 Å². The van der Waals surface area contributed by atoms with Gasteiger partial charge in [0.25, 0.3) is 0 Å². The lowest BCUT2D eigenvalue weighted by Crippen LogP contribution is -2.41. The molecule has 1 aromatic rings. The highest BCUT2D eigenvalue weighted by Gasteiger charge is 2.52. The number of nitrogens with zero attached hydrogens (tertiary/aromatic N) is 3. The van der Waals surface area contributed by atoms with Crippen LogP contribution in [0.2, 0.25) is 0 Å². The van der Waals surface area contributed by atoms with Gasteiger partial charge in [-0.25, -0.2) is 4.39 Å². The molecule has 2 fully saturated rings. The zero-order valence-corrected chi connectivity index (χ0v) is 15.3. The molecule has 0 radical (unpaired) electrons. The van der Waals surface area contributed by atoms with Crippen LogP contribution in [0.25, 0.3) is 0 Å². The third kappa shape index (κ3) is 3.84. The molecule has 24 heavy (non-hydrogen) atoms. The predicted molar refractivity (Wildman–Crippen MR) is 93.1 cm³/mol. The van der Waals surface area contributed by atoms with Gasteiger partial charge in [0, 0.05) is 37.5 Å². The Hall–Kier alpha value is -0.915. The summed E-state index contributed by atoms with van der Waals surface area (Å²) in [5.74, 6) is 0. The van der Waals surface area contributed by atoms with E-state index in [2.05, 4.69) is 37.7 Å². The van der Waals surface area contributed by atoms with Gasteiger partial charge in [0.15, 0.2) is 0 Å². The minimum Gasteiger partial charge on any atom is -0.399 e. The van der Waals surface area contributed by atoms with Gasteiger partial charge in [0.1, 0.15) is 6.17 Å². The molecule has 5 nitrogen and oxygen atoms in total. The predicted octanol–water partition coefficient (Wildman–Crippen LogP) is 2.01. The van der Waals surface area contributed by atoms with Crippen LogP contribution in [0, 0.1) is 0 Å². The SMILES string of the molecule is CC1(C)OB(c2cnn(CCCN3CCC(F)CC3)c2)OC1(C)C. The molecule has 0 unspecified atom stereocenters. The van der Waals surface area contributed by atoms with Gasteiger partial charge in [-0.1, -0.05) is 0 Å². The molecule has 0 spiro atoms. The summed E-state index contributed by atoms with van der Waals surface area (Å²) < 4.78 is 27.2. The lowest BCUT2D eigenvalue weighted by molar-refractivity contribution is 0.00578. The fraction of sp³-hybridized carbons (Fsp3) is 0.824. The number of hydrogen-bond donors (Lipinski definition) is 0. The van der Waals surface area contributed by atoms with Crippen molar-refractivity contribution in [2.45, 2.75) is 70.9 Å². The van der Waals surface area contributed by atoms with E-state index >= 15 is 0 Å². The number of likely N-dealkylation sites (tertiary alicyclic amines) is 1. The van der Waals surface area contributed by atoms with Gasteiger partial charge in [-0.05, 0) is 53.5 Å². The van der Waals surface area contributed by atoms with Crippen molar-refractivity contribution in [2.24, 2.45) is 0 Å². The van der Waals surface area contributed by atoms with Gasteiger partial charge in [-0.15, -0.1) is 0 Å². The van der Waals surface area contributed by atoms with E-state index in [0.717, 1.165) is 38.1 Å². The monoisotopic (exact) mass is 337 g/mol. The van der Waals surface area contributed by atoms with Crippen molar-refractivity contribution >= 4 is 12.6 Å². The highest BCUT2D eigenvalue weighted by Crippen LogP contribution is 2.36. The van der Waals surface area contributed by atoms with Crippen LogP contribution in [0.4, 0.5) is 4.39 Å². The second-order valence-electron chi connectivity index (χ2n) is 7.99. The maximum atomic E-state index is 13.1. The normalized spacial score (nSPS) is 24.6. The summed E-state index contributed by atoms with van der Waals surface area (Å²) in [6, 6.07) is 0. The van der Waals surface area contributed by atoms with Crippen molar-refractivity contribution in [1.29, 1.82) is 0 Å². The Bertz CT molecular complexity index is 540. The second-order valence-corrected chi connectivity index (χ2v) is 7.99. The molecule has 0 saturated carbocycles. The summed E-state index contributed by atoms with van der Waals surface area (Å²) in [5.41, 5.74) is 0.303. The number of halogens is 1. The first kappa shape index (κ1) is 17.9. The average Bonchev–Trinajstić information content (AvgIpc) is 3.04. The molecule has 1 aromatic heterocycles. The largest absolute Gasteiger partial charge is 0.498 e. The Labute approximate surface area is 144 Å². The second kappa shape index (κ2) is 6.77. The van der Waals surface area contributed by atoms with Crippen LogP contribution in [0.1, 0.15) is 47.0 Å². The molecule has 3 rings (SSSR count). The van der Waals surface area contributed by atoms with Crippen LogP contribution in [-0.2, 0) is 15.9 Å². The smallest absolute Gasteiger partial charge is 0.399 e. The zero-order valence-electron chi connectivity index (χ0n) is 15.3. The molecule has 0 atom stereocenters. The third-order valence-electron chi connectivity index (χ3n) is 5.56. The van der Waals surface area contributed by atoms with Crippen LogP contribution in [0.3, 0.4) is 0 Å². The first-order chi connectivity index (χ1) is 11.3. The summed E-state index contributed by atoms with van der Waals surface area (Å²) in [4.78, 5) is 2.34.